The molecule has 0 spiro atoms. The van der Waals surface area contributed by atoms with Crippen LogP contribution >= 0.6 is 0 Å². The molecule has 3 N–H and O–H groups in total. The van der Waals surface area contributed by atoms with E-state index < -0.39 is 0 Å². The van der Waals surface area contributed by atoms with E-state index >= 15 is 0 Å². The molecule has 6 heteroatoms. The van der Waals surface area contributed by atoms with Crippen LogP contribution in [0.1, 0.15) is 31.2 Å². The van der Waals surface area contributed by atoms with Crippen LogP contribution in [0.25, 0.3) is 0 Å². The summed E-state index contributed by atoms with van der Waals surface area (Å²) in [5, 5.41) is 15.2. The van der Waals surface area contributed by atoms with Gasteiger partial charge in [0.1, 0.15) is 5.82 Å². The Morgan fingerprint density at radius 2 is 2.13 bits per heavy atom. The molecule has 2 aliphatic rings. The van der Waals surface area contributed by atoms with Crippen LogP contribution in [0.15, 0.2) is 18.3 Å². The normalized spacial score (nSPS) is 20.2. The Morgan fingerprint density at radius 3 is 2.70 bits per heavy atom. The van der Waals surface area contributed by atoms with Gasteiger partial charge >= 0.3 is 6.03 Å². The Bertz CT molecular complexity index is 534. The molecule has 0 unspecified atom stereocenters. The standard InChI is InChI=1S/C17H26N4O2/c1-13-2-3-15(18-10-13)21-8-4-14(5-9-21)20-16(23)19-11-17(12-22)6-7-17/h2-3,10,14,22H,4-9,11-12H2,1H3,(H2,19,20,23). The van der Waals surface area contributed by atoms with E-state index in [0.29, 0.717) is 6.54 Å². The Morgan fingerprint density at radius 1 is 1.39 bits per heavy atom. The number of nitrogens with zero attached hydrogens (tertiary/aromatic N) is 2. The van der Waals surface area contributed by atoms with E-state index in [1.165, 1.54) is 5.56 Å². The van der Waals surface area contributed by atoms with Crippen LogP contribution in [0.2, 0.25) is 0 Å². The number of hydrogen-bond acceptors (Lipinski definition) is 4. The lowest BCUT2D eigenvalue weighted by Gasteiger charge is -2.33. The van der Waals surface area contributed by atoms with Crippen LogP contribution in [-0.2, 0) is 0 Å². The van der Waals surface area contributed by atoms with Gasteiger partial charge in [-0.2, -0.15) is 0 Å². The van der Waals surface area contributed by atoms with Crippen molar-refractivity contribution in [1.29, 1.82) is 0 Å². The van der Waals surface area contributed by atoms with Crippen molar-refractivity contribution in [2.45, 2.75) is 38.6 Å². The van der Waals surface area contributed by atoms with Gasteiger partial charge in [0.05, 0.1) is 6.61 Å². The Balaban J connectivity index is 1.40. The molecule has 1 saturated carbocycles. The fourth-order valence-electron chi connectivity index (χ4n) is 2.97. The Kier molecular flexibility index (Phi) is 4.71. The van der Waals surface area contributed by atoms with Crippen molar-refractivity contribution in [2.24, 2.45) is 5.41 Å². The van der Waals surface area contributed by atoms with E-state index in [4.69, 9.17) is 0 Å². The summed E-state index contributed by atoms with van der Waals surface area (Å²) in [7, 11) is 0. The highest BCUT2D eigenvalue weighted by molar-refractivity contribution is 5.74. The largest absolute Gasteiger partial charge is 0.396 e. The van der Waals surface area contributed by atoms with E-state index in [1.807, 2.05) is 13.1 Å². The van der Waals surface area contributed by atoms with Crippen molar-refractivity contribution in [1.82, 2.24) is 15.6 Å². The Labute approximate surface area is 137 Å². The molecule has 3 rings (SSSR count). The number of anilines is 1. The molecule has 23 heavy (non-hydrogen) atoms. The lowest BCUT2D eigenvalue weighted by molar-refractivity contribution is 0.201. The van der Waals surface area contributed by atoms with E-state index in [2.05, 4.69) is 32.7 Å². The second-order valence-corrected chi connectivity index (χ2v) is 6.94. The molecule has 0 radical (unpaired) electrons. The van der Waals surface area contributed by atoms with Gasteiger partial charge in [-0.3, -0.25) is 0 Å². The average molecular weight is 318 g/mol. The maximum absolute atomic E-state index is 12.0. The molecule has 6 nitrogen and oxygen atoms in total. The van der Waals surface area contributed by atoms with Gasteiger partial charge in [0, 0.05) is 37.3 Å². The number of rotatable bonds is 5. The van der Waals surface area contributed by atoms with Crippen molar-refractivity contribution < 1.29 is 9.90 Å². The second kappa shape index (κ2) is 6.74. The molecule has 2 amide bonds. The number of carbonyl (C=O) groups excluding carboxylic acids is 1. The summed E-state index contributed by atoms with van der Waals surface area (Å²) in [5.41, 5.74) is 1.12. The van der Waals surface area contributed by atoms with Gasteiger partial charge in [0.15, 0.2) is 0 Å². The SMILES string of the molecule is Cc1ccc(N2CCC(NC(=O)NCC3(CO)CC3)CC2)nc1. The van der Waals surface area contributed by atoms with Gasteiger partial charge in [0.25, 0.3) is 0 Å². The minimum absolute atomic E-state index is 0.0438. The van der Waals surface area contributed by atoms with Crippen LogP contribution in [-0.4, -0.2) is 48.4 Å². The molecule has 1 aliphatic carbocycles. The molecule has 126 valence electrons. The quantitative estimate of drug-likeness (QED) is 0.767. The highest BCUT2D eigenvalue weighted by atomic mass is 16.3. The number of nitrogens with one attached hydrogen (secondary N) is 2. The number of aryl methyl sites for hydroxylation is 1. The van der Waals surface area contributed by atoms with Crippen LogP contribution in [0, 0.1) is 12.3 Å². The first kappa shape index (κ1) is 16.1. The zero-order chi connectivity index (χ0) is 16.3. The second-order valence-electron chi connectivity index (χ2n) is 6.94. The summed E-state index contributed by atoms with van der Waals surface area (Å²) >= 11 is 0. The van der Waals surface area contributed by atoms with Crippen molar-refractivity contribution in [3.8, 4) is 0 Å². The molecule has 1 saturated heterocycles. The monoisotopic (exact) mass is 318 g/mol. The number of aliphatic hydroxyl groups excluding tert-OH is 1. The summed E-state index contributed by atoms with van der Waals surface area (Å²) in [6.45, 7) is 4.58. The van der Waals surface area contributed by atoms with E-state index in [9.17, 15) is 9.90 Å². The minimum atomic E-state index is -0.114. The lowest BCUT2D eigenvalue weighted by atomic mass is 10.1. The zero-order valence-corrected chi connectivity index (χ0v) is 13.7. The van der Waals surface area contributed by atoms with Crippen molar-refractivity contribution in [2.75, 3.05) is 31.1 Å². The van der Waals surface area contributed by atoms with Crippen LogP contribution in [0.4, 0.5) is 10.6 Å². The first-order valence-electron chi connectivity index (χ1n) is 8.43. The molecular weight excluding hydrogens is 292 g/mol. The lowest BCUT2D eigenvalue weighted by Crippen LogP contribution is -2.49. The number of carbonyl (C=O) groups is 1. The number of aromatic nitrogens is 1. The summed E-state index contributed by atoms with van der Waals surface area (Å²) in [5.74, 6) is 1.01. The third-order valence-electron chi connectivity index (χ3n) is 4.97. The number of urea groups is 1. The van der Waals surface area contributed by atoms with Crippen LogP contribution < -0.4 is 15.5 Å². The average Bonchev–Trinajstić information content (AvgIpc) is 3.35. The molecule has 2 heterocycles. The Hall–Kier alpha value is -1.82. The number of pyridine rings is 1. The minimum Gasteiger partial charge on any atom is -0.396 e. The molecule has 0 bridgehead atoms. The van der Waals surface area contributed by atoms with Crippen LogP contribution in [0.3, 0.4) is 0 Å². The van der Waals surface area contributed by atoms with Gasteiger partial charge in [-0.1, -0.05) is 6.07 Å². The third-order valence-corrected chi connectivity index (χ3v) is 4.97. The fraction of sp³-hybridized carbons (Fsp3) is 0.647. The summed E-state index contributed by atoms with van der Waals surface area (Å²) in [4.78, 5) is 18.7. The zero-order valence-electron chi connectivity index (χ0n) is 13.7. The molecule has 1 aromatic rings. The van der Waals surface area contributed by atoms with E-state index in [0.717, 1.165) is 44.6 Å². The summed E-state index contributed by atoms with van der Waals surface area (Å²) in [6, 6.07) is 4.23. The van der Waals surface area contributed by atoms with Crippen molar-refractivity contribution >= 4 is 11.8 Å². The number of amides is 2. The van der Waals surface area contributed by atoms with Gasteiger partial charge in [-0.15, -0.1) is 0 Å². The number of piperidine rings is 1. The summed E-state index contributed by atoms with van der Waals surface area (Å²) in [6.07, 6.45) is 5.75. The van der Waals surface area contributed by atoms with E-state index in [-0.39, 0.29) is 24.1 Å². The molecule has 0 aromatic carbocycles. The smallest absolute Gasteiger partial charge is 0.315 e. The van der Waals surface area contributed by atoms with Gasteiger partial charge in [-0.25, -0.2) is 9.78 Å². The van der Waals surface area contributed by atoms with E-state index in [1.54, 1.807) is 0 Å². The molecular formula is C17H26N4O2. The first-order valence-corrected chi connectivity index (χ1v) is 8.43. The highest BCUT2D eigenvalue weighted by Crippen LogP contribution is 2.44. The van der Waals surface area contributed by atoms with Crippen molar-refractivity contribution in [3.63, 3.8) is 0 Å². The van der Waals surface area contributed by atoms with Gasteiger partial charge in [-0.05, 0) is 44.2 Å². The molecule has 2 fully saturated rings. The van der Waals surface area contributed by atoms with Gasteiger partial charge < -0.3 is 20.6 Å². The number of aliphatic hydroxyl groups is 1. The summed E-state index contributed by atoms with van der Waals surface area (Å²) < 4.78 is 0. The third kappa shape index (κ3) is 4.13. The predicted octanol–water partition coefficient (Wildman–Crippen LogP) is 1.43. The maximum Gasteiger partial charge on any atom is 0.315 e. The number of hydrogen-bond donors (Lipinski definition) is 3. The van der Waals surface area contributed by atoms with Crippen molar-refractivity contribution in [3.05, 3.63) is 23.9 Å². The van der Waals surface area contributed by atoms with Gasteiger partial charge in [0.2, 0.25) is 0 Å². The predicted molar refractivity (Wildman–Crippen MR) is 89.5 cm³/mol. The van der Waals surface area contributed by atoms with Crippen LogP contribution in [0.5, 0.6) is 0 Å². The molecule has 1 aliphatic heterocycles. The fourth-order valence-corrected chi connectivity index (χ4v) is 2.97. The highest BCUT2D eigenvalue weighted by Gasteiger charge is 2.42. The maximum atomic E-state index is 12.0. The molecule has 0 atom stereocenters. The first-order chi connectivity index (χ1) is 11.1. The topological polar surface area (TPSA) is 77.5 Å². The molecule has 1 aromatic heterocycles.